The molecule has 3 aromatic carbocycles. The largest absolute Gasteiger partial charge is 0.497 e. The molecular weight excluding hydrogens is 350 g/mol. The summed E-state index contributed by atoms with van der Waals surface area (Å²) < 4.78 is 11.0. The molecule has 0 saturated heterocycles. The Morgan fingerprint density at radius 3 is 2.29 bits per heavy atom. The molecule has 4 aromatic rings. The fourth-order valence-electron chi connectivity index (χ4n) is 3.29. The van der Waals surface area contributed by atoms with E-state index in [0.717, 1.165) is 28.3 Å². The Balaban J connectivity index is 1.75. The van der Waals surface area contributed by atoms with Gasteiger partial charge in [-0.1, -0.05) is 29.8 Å². The molecule has 0 spiro atoms. The van der Waals surface area contributed by atoms with Crippen LogP contribution in [-0.2, 0) is 0 Å². The van der Waals surface area contributed by atoms with Crippen LogP contribution in [0.15, 0.2) is 76.1 Å². The molecule has 1 heterocycles. The molecule has 0 bridgehead atoms. The standard InChI is InChI=1S/C24H21NO3/c1-15-4-8-18(9-5-15)25-19-12-16(2)23-22(13-19)28-14-21(24(23)26)17-6-10-20(27-3)11-7-17/h4-14,25H,1-3H3. The van der Waals surface area contributed by atoms with E-state index in [1.54, 1.807) is 7.11 Å². The lowest BCUT2D eigenvalue weighted by Crippen LogP contribution is -2.07. The van der Waals surface area contributed by atoms with Crippen LogP contribution < -0.4 is 15.5 Å². The lowest BCUT2D eigenvalue weighted by molar-refractivity contribution is 0.415. The van der Waals surface area contributed by atoms with Crippen molar-refractivity contribution < 1.29 is 9.15 Å². The van der Waals surface area contributed by atoms with E-state index < -0.39 is 0 Å². The predicted octanol–water partition coefficient (Wildman–Crippen LogP) is 5.83. The summed E-state index contributed by atoms with van der Waals surface area (Å²) in [6, 6.07) is 19.4. The molecule has 28 heavy (non-hydrogen) atoms. The summed E-state index contributed by atoms with van der Waals surface area (Å²) in [6.07, 6.45) is 1.53. The predicted molar refractivity (Wildman–Crippen MR) is 114 cm³/mol. The van der Waals surface area contributed by atoms with Gasteiger partial charge in [0.2, 0.25) is 5.43 Å². The summed E-state index contributed by atoms with van der Waals surface area (Å²) in [5.74, 6) is 0.747. The summed E-state index contributed by atoms with van der Waals surface area (Å²) in [6.45, 7) is 3.98. The normalized spacial score (nSPS) is 10.8. The van der Waals surface area contributed by atoms with Gasteiger partial charge in [0.05, 0.1) is 18.1 Å². The van der Waals surface area contributed by atoms with Gasteiger partial charge in [0.15, 0.2) is 0 Å². The Bertz CT molecular complexity index is 1190. The second kappa shape index (κ2) is 7.24. The molecule has 0 fully saturated rings. The lowest BCUT2D eigenvalue weighted by Gasteiger charge is -2.11. The molecule has 0 aliphatic rings. The summed E-state index contributed by atoms with van der Waals surface area (Å²) in [7, 11) is 1.62. The van der Waals surface area contributed by atoms with Crippen molar-refractivity contribution in [3.63, 3.8) is 0 Å². The van der Waals surface area contributed by atoms with Crippen molar-refractivity contribution in [3.05, 3.63) is 88.3 Å². The van der Waals surface area contributed by atoms with Crippen molar-refractivity contribution in [2.45, 2.75) is 13.8 Å². The Morgan fingerprint density at radius 1 is 0.893 bits per heavy atom. The van der Waals surface area contributed by atoms with Gasteiger partial charge in [-0.3, -0.25) is 4.79 Å². The quantitative estimate of drug-likeness (QED) is 0.490. The molecule has 0 atom stereocenters. The molecule has 140 valence electrons. The van der Waals surface area contributed by atoms with Gasteiger partial charge in [-0.05, 0) is 55.3 Å². The van der Waals surface area contributed by atoms with Crippen molar-refractivity contribution in [2.75, 3.05) is 12.4 Å². The smallest absolute Gasteiger partial charge is 0.200 e. The average molecular weight is 371 g/mol. The number of rotatable bonds is 4. The number of ether oxygens (including phenoxy) is 1. The summed E-state index contributed by atoms with van der Waals surface area (Å²) in [4.78, 5) is 13.1. The van der Waals surface area contributed by atoms with Crippen LogP contribution in [0.3, 0.4) is 0 Å². The molecule has 4 nitrogen and oxygen atoms in total. The van der Waals surface area contributed by atoms with Gasteiger partial charge in [-0.2, -0.15) is 0 Å². The zero-order chi connectivity index (χ0) is 19.7. The van der Waals surface area contributed by atoms with E-state index in [0.29, 0.717) is 16.5 Å². The first kappa shape index (κ1) is 17.9. The van der Waals surface area contributed by atoms with Crippen LogP contribution in [0.2, 0.25) is 0 Å². The van der Waals surface area contributed by atoms with Gasteiger partial charge in [-0.25, -0.2) is 0 Å². The van der Waals surface area contributed by atoms with Crippen molar-refractivity contribution in [1.29, 1.82) is 0 Å². The van der Waals surface area contributed by atoms with Crippen LogP contribution in [0.5, 0.6) is 5.75 Å². The Hall–Kier alpha value is -3.53. The minimum absolute atomic E-state index is 0.0363. The van der Waals surface area contributed by atoms with Gasteiger partial charge in [0.1, 0.15) is 17.6 Å². The molecule has 0 amide bonds. The first-order chi connectivity index (χ1) is 13.5. The molecule has 0 aliphatic carbocycles. The van der Waals surface area contributed by atoms with Crippen molar-refractivity contribution >= 4 is 22.3 Å². The van der Waals surface area contributed by atoms with Gasteiger partial charge in [0.25, 0.3) is 0 Å². The number of aryl methyl sites for hydroxylation is 2. The van der Waals surface area contributed by atoms with Crippen LogP contribution in [0.25, 0.3) is 22.1 Å². The maximum absolute atomic E-state index is 13.1. The van der Waals surface area contributed by atoms with Gasteiger partial charge in [0, 0.05) is 17.4 Å². The molecule has 4 rings (SSSR count). The third kappa shape index (κ3) is 3.37. The van der Waals surface area contributed by atoms with Crippen LogP contribution in [0.1, 0.15) is 11.1 Å². The molecule has 0 saturated carbocycles. The van der Waals surface area contributed by atoms with Crippen molar-refractivity contribution in [2.24, 2.45) is 0 Å². The van der Waals surface area contributed by atoms with Crippen LogP contribution >= 0.6 is 0 Å². The van der Waals surface area contributed by atoms with E-state index in [1.165, 1.54) is 11.8 Å². The van der Waals surface area contributed by atoms with Crippen molar-refractivity contribution in [1.82, 2.24) is 0 Å². The van der Waals surface area contributed by atoms with E-state index in [4.69, 9.17) is 9.15 Å². The topological polar surface area (TPSA) is 51.5 Å². The number of anilines is 2. The molecule has 0 unspecified atom stereocenters. The lowest BCUT2D eigenvalue weighted by atomic mass is 10.0. The number of hydrogen-bond acceptors (Lipinski definition) is 4. The second-order valence-electron chi connectivity index (χ2n) is 6.86. The number of fused-ring (bicyclic) bond motifs is 1. The number of methoxy groups -OCH3 is 1. The SMILES string of the molecule is COc1ccc(-c2coc3cc(Nc4ccc(C)cc4)cc(C)c3c2=O)cc1. The highest BCUT2D eigenvalue weighted by molar-refractivity contribution is 5.88. The van der Waals surface area contributed by atoms with E-state index in [-0.39, 0.29) is 5.43 Å². The van der Waals surface area contributed by atoms with Crippen molar-refractivity contribution in [3.8, 4) is 16.9 Å². The molecule has 1 N–H and O–H groups in total. The van der Waals surface area contributed by atoms with E-state index in [2.05, 4.69) is 24.4 Å². The molecule has 0 aliphatic heterocycles. The zero-order valence-electron chi connectivity index (χ0n) is 16.1. The van der Waals surface area contributed by atoms with E-state index in [9.17, 15) is 4.79 Å². The Kier molecular flexibility index (Phi) is 4.62. The molecule has 0 radical (unpaired) electrons. The summed E-state index contributed by atoms with van der Waals surface area (Å²) in [5.41, 5.74) is 5.82. The number of hydrogen-bond donors (Lipinski definition) is 1. The number of nitrogens with one attached hydrogen (secondary N) is 1. The Morgan fingerprint density at radius 2 is 1.61 bits per heavy atom. The fraction of sp³-hybridized carbons (Fsp3) is 0.125. The number of benzene rings is 3. The monoisotopic (exact) mass is 371 g/mol. The maximum atomic E-state index is 13.1. The first-order valence-electron chi connectivity index (χ1n) is 9.09. The fourth-order valence-corrected chi connectivity index (χ4v) is 3.29. The minimum Gasteiger partial charge on any atom is -0.497 e. The average Bonchev–Trinajstić information content (AvgIpc) is 2.70. The molecule has 4 heteroatoms. The molecular formula is C24H21NO3. The Labute approximate surface area is 163 Å². The van der Waals surface area contributed by atoms with Gasteiger partial charge >= 0.3 is 0 Å². The highest BCUT2D eigenvalue weighted by atomic mass is 16.5. The third-order valence-electron chi connectivity index (χ3n) is 4.82. The minimum atomic E-state index is -0.0363. The highest BCUT2D eigenvalue weighted by Gasteiger charge is 2.13. The second-order valence-corrected chi connectivity index (χ2v) is 6.86. The third-order valence-corrected chi connectivity index (χ3v) is 4.82. The van der Waals surface area contributed by atoms with E-state index >= 15 is 0 Å². The maximum Gasteiger partial charge on any atom is 0.200 e. The van der Waals surface area contributed by atoms with Crippen LogP contribution in [0, 0.1) is 13.8 Å². The van der Waals surface area contributed by atoms with Crippen LogP contribution in [-0.4, -0.2) is 7.11 Å². The summed E-state index contributed by atoms with van der Waals surface area (Å²) >= 11 is 0. The van der Waals surface area contributed by atoms with Gasteiger partial charge < -0.3 is 14.5 Å². The highest BCUT2D eigenvalue weighted by Crippen LogP contribution is 2.27. The molecule has 1 aromatic heterocycles. The first-order valence-corrected chi connectivity index (χ1v) is 9.09. The van der Waals surface area contributed by atoms with Gasteiger partial charge in [-0.15, -0.1) is 0 Å². The zero-order valence-corrected chi connectivity index (χ0v) is 16.1. The van der Waals surface area contributed by atoms with E-state index in [1.807, 2.05) is 55.5 Å². The van der Waals surface area contributed by atoms with Crippen LogP contribution in [0.4, 0.5) is 11.4 Å². The summed E-state index contributed by atoms with van der Waals surface area (Å²) in [5, 5.41) is 3.97.